The maximum Gasteiger partial charge on any atom is 0.341 e. The molecule has 0 aliphatic carbocycles. The highest BCUT2D eigenvalue weighted by Gasteiger charge is 2.16. The number of nitrogens with zero attached hydrogens (tertiary/aromatic N) is 1. The molecule has 0 fully saturated rings. The molecule has 0 radical (unpaired) electrons. The van der Waals surface area contributed by atoms with Gasteiger partial charge in [-0.05, 0) is 42.3 Å². The maximum absolute atomic E-state index is 12.3. The molecule has 0 heterocycles. The zero-order valence-corrected chi connectivity index (χ0v) is 14.4. The quantitative estimate of drug-likeness (QED) is 0.815. The summed E-state index contributed by atoms with van der Waals surface area (Å²) in [7, 11) is -3.40. The normalized spacial score (nSPS) is 10.9. The summed E-state index contributed by atoms with van der Waals surface area (Å²) >= 11 is 0. The zero-order chi connectivity index (χ0) is 18.4. The summed E-state index contributed by atoms with van der Waals surface area (Å²) in [6.07, 6.45) is 0.503. The second kappa shape index (κ2) is 7.81. The Hall–Kier alpha value is -2.85. The Balaban J connectivity index is 2.53. The first-order valence-electron chi connectivity index (χ1n) is 7.59. The Morgan fingerprint density at radius 1 is 1.24 bits per heavy atom. The molecule has 1 N–H and O–H groups in total. The van der Waals surface area contributed by atoms with Crippen molar-refractivity contribution >= 4 is 15.8 Å². The minimum absolute atomic E-state index is 0.0387. The molecule has 0 bridgehead atoms. The van der Waals surface area contributed by atoms with Crippen molar-refractivity contribution in [3.8, 4) is 22.9 Å². The first kappa shape index (κ1) is 18.5. The number of carboxylic acids is 1. The van der Waals surface area contributed by atoms with Crippen LogP contribution in [-0.2, 0) is 14.6 Å². The predicted octanol–water partition coefficient (Wildman–Crippen LogP) is 2.87. The minimum Gasteiger partial charge on any atom is -0.481 e. The number of hydrogen-bond donors (Lipinski definition) is 1. The molecule has 2 aromatic rings. The van der Waals surface area contributed by atoms with Crippen LogP contribution in [0.25, 0.3) is 11.1 Å². The third kappa shape index (κ3) is 4.58. The number of benzene rings is 2. The van der Waals surface area contributed by atoms with Crippen molar-refractivity contribution in [1.29, 1.82) is 5.26 Å². The van der Waals surface area contributed by atoms with Crippen LogP contribution in [0.5, 0.6) is 5.75 Å². The van der Waals surface area contributed by atoms with E-state index < -0.39 is 22.4 Å². The Bertz CT molecular complexity index is 929. The van der Waals surface area contributed by atoms with Crippen LogP contribution in [0.3, 0.4) is 0 Å². The first-order valence-corrected chi connectivity index (χ1v) is 9.24. The average molecular weight is 359 g/mol. The Kier molecular flexibility index (Phi) is 5.78. The van der Waals surface area contributed by atoms with Gasteiger partial charge < -0.3 is 9.84 Å². The summed E-state index contributed by atoms with van der Waals surface area (Å²) in [5.74, 6) is -0.821. The highest BCUT2D eigenvalue weighted by atomic mass is 32.2. The fourth-order valence-corrected chi connectivity index (χ4v) is 3.70. The Labute approximate surface area is 146 Å². The number of nitriles is 1. The van der Waals surface area contributed by atoms with Crippen LogP contribution in [0.1, 0.15) is 18.9 Å². The number of carboxylic acid groups (broad SMARTS) is 1. The SMILES string of the molecule is CCCS(=O)(=O)c1cccc(-c2cc(C#N)ccc2OCC(=O)O)c1. The van der Waals surface area contributed by atoms with Crippen molar-refractivity contribution < 1.29 is 23.1 Å². The number of rotatable bonds is 7. The van der Waals surface area contributed by atoms with E-state index in [1.54, 1.807) is 25.1 Å². The van der Waals surface area contributed by atoms with Crippen molar-refractivity contribution in [1.82, 2.24) is 0 Å². The summed E-state index contributed by atoms with van der Waals surface area (Å²) in [6, 6.07) is 12.9. The number of ether oxygens (including phenoxy) is 1. The molecule has 2 rings (SSSR count). The molecule has 0 aromatic heterocycles. The fourth-order valence-electron chi connectivity index (χ4n) is 2.33. The van der Waals surface area contributed by atoms with Gasteiger partial charge in [0.15, 0.2) is 16.4 Å². The highest BCUT2D eigenvalue weighted by Crippen LogP contribution is 2.32. The van der Waals surface area contributed by atoms with E-state index in [2.05, 4.69) is 0 Å². The van der Waals surface area contributed by atoms with Gasteiger partial charge in [0.05, 0.1) is 22.3 Å². The number of carbonyl (C=O) groups is 1. The van der Waals surface area contributed by atoms with E-state index >= 15 is 0 Å². The van der Waals surface area contributed by atoms with Gasteiger partial charge in [0, 0.05) is 5.56 Å². The first-order chi connectivity index (χ1) is 11.9. The highest BCUT2D eigenvalue weighted by molar-refractivity contribution is 7.91. The zero-order valence-electron chi connectivity index (χ0n) is 13.6. The van der Waals surface area contributed by atoms with Gasteiger partial charge in [-0.1, -0.05) is 19.1 Å². The van der Waals surface area contributed by atoms with Gasteiger partial charge in [-0.25, -0.2) is 13.2 Å². The molecule has 0 atom stereocenters. The molecular formula is C18H17NO5S. The van der Waals surface area contributed by atoms with E-state index in [0.717, 1.165) is 0 Å². The summed E-state index contributed by atoms with van der Waals surface area (Å²) < 4.78 is 29.8. The van der Waals surface area contributed by atoms with Crippen LogP contribution < -0.4 is 4.74 Å². The van der Waals surface area contributed by atoms with E-state index in [9.17, 15) is 13.2 Å². The van der Waals surface area contributed by atoms with Crippen molar-refractivity contribution in [2.24, 2.45) is 0 Å². The van der Waals surface area contributed by atoms with E-state index in [0.29, 0.717) is 23.1 Å². The van der Waals surface area contributed by atoms with E-state index in [-0.39, 0.29) is 16.4 Å². The maximum atomic E-state index is 12.3. The van der Waals surface area contributed by atoms with Crippen LogP contribution in [0.2, 0.25) is 0 Å². The lowest BCUT2D eigenvalue weighted by Gasteiger charge is -2.12. The summed E-state index contributed by atoms with van der Waals surface area (Å²) in [6.45, 7) is 1.25. The van der Waals surface area contributed by atoms with Crippen molar-refractivity contribution in [3.63, 3.8) is 0 Å². The van der Waals surface area contributed by atoms with Crippen molar-refractivity contribution in [3.05, 3.63) is 48.0 Å². The molecule has 0 amide bonds. The second-order valence-electron chi connectivity index (χ2n) is 5.35. The average Bonchev–Trinajstić information content (AvgIpc) is 2.60. The minimum atomic E-state index is -3.40. The summed E-state index contributed by atoms with van der Waals surface area (Å²) in [4.78, 5) is 10.9. The molecule has 130 valence electrons. The predicted molar refractivity (Wildman–Crippen MR) is 92.1 cm³/mol. The fraction of sp³-hybridized carbons (Fsp3) is 0.222. The molecule has 0 saturated heterocycles. The van der Waals surface area contributed by atoms with Crippen LogP contribution in [0.4, 0.5) is 0 Å². The van der Waals surface area contributed by atoms with Gasteiger partial charge in [0.1, 0.15) is 5.75 Å². The number of aliphatic carboxylic acids is 1. The lowest BCUT2D eigenvalue weighted by Crippen LogP contribution is -2.10. The lowest BCUT2D eigenvalue weighted by molar-refractivity contribution is -0.139. The van der Waals surface area contributed by atoms with Gasteiger partial charge >= 0.3 is 5.97 Å². The van der Waals surface area contributed by atoms with Crippen LogP contribution in [0.15, 0.2) is 47.4 Å². The van der Waals surface area contributed by atoms with Crippen molar-refractivity contribution in [2.45, 2.75) is 18.2 Å². The van der Waals surface area contributed by atoms with E-state index in [1.807, 2.05) is 6.07 Å². The van der Waals surface area contributed by atoms with Crippen LogP contribution >= 0.6 is 0 Å². The van der Waals surface area contributed by atoms with Gasteiger partial charge in [0.2, 0.25) is 0 Å². The molecule has 0 aliphatic heterocycles. The van der Waals surface area contributed by atoms with Crippen LogP contribution in [-0.4, -0.2) is 31.9 Å². The smallest absolute Gasteiger partial charge is 0.341 e. The molecule has 2 aromatic carbocycles. The van der Waals surface area contributed by atoms with Gasteiger partial charge in [-0.2, -0.15) is 5.26 Å². The molecule has 0 saturated carbocycles. The van der Waals surface area contributed by atoms with Gasteiger partial charge in [-0.15, -0.1) is 0 Å². The molecule has 0 aliphatic rings. The lowest BCUT2D eigenvalue weighted by atomic mass is 10.0. The van der Waals surface area contributed by atoms with Crippen LogP contribution in [0, 0.1) is 11.3 Å². The van der Waals surface area contributed by atoms with E-state index in [4.69, 9.17) is 15.1 Å². The third-order valence-corrected chi connectivity index (χ3v) is 5.35. The Morgan fingerprint density at radius 2 is 2.00 bits per heavy atom. The molecule has 25 heavy (non-hydrogen) atoms. The molecule has 7 heteroatoms. The topological polar surface area (TPSA) is 104 Å². The molecule has 6 nitrogen and oxygen atoms in total. The van der Waals surface area contributed by atoms with Gasteiger partial charge in [0.25, 0.3) is 0 Å². The third-order valence-electron chi connectivity index (χ3n) is 3.44. The van der Waals surface area contributed by atoms with Gasteiger partial charge in [-0.3, -0.25) is 0 Å². The number of hydrogen-bond acceptors (Lipinski definition) is 5. The summed E-state index contributed by atoms with van der Waals surface area (Å²) in [5, 5.41) is 17.9. The van der Waals surface area contributed by atoms with E-state index in [1.165, 1.54) is 24.3 Å². The number of sulfone groups is 1. The molecule has 0 spiro atoms. The van der Waals surface area contributed by atoms with Crippen molar-refractivity contribution in [2.75, 3.05) is 12.4 Å². The summed E-state index contributed by atoms with van der Waals surface area (Å²) in [5.41, 5.74) is 1.36. The largest absolute Gasteiger partial charge is 0.481 e. The second-order valence-corrected chi connectivity index (χ2v) is 7.46. The molecular weight excluding hydrogens is 342 g/mol. The standard InChI is InChI=1S/C18H17NO5S/c1-2-8-25(22,23)15-5-3-4-14(10-15)16-9-13(11-19)6-7-17(16)24-12-18(20)21/h3-7,9-10H,2,8,12H2,1H3,(H,20,21). The molecule has 0 unspecified atom stereocenters. The Morgan fingerprint density at radius 3 is 2.64 bits per heavy atom. The monoisotopic (exact) mass is 359 g/mol.